The second-order valence-electron chi connectivity index (χ2n) is 8.47. The number of amidine groups is 1. The first kappa shape index (κ1) is 22.3. The highest BCUT2D eigenvalue weighted by Gasteiger charge is 2.44. The van der Waals surface area contributed by atoms with E-state index in [9.17, 15) is 14.7 Å². The number of H-pyrrole nitrogens is 1. The largest absolute Gasteiger partial charge is 0.480 e. The number of aliphatic carboxylic acids is 1. The molecule has 0 bridgehead atoms. The number of carboxylic acid groups (broad SMARTS) is 1. The molecular formula is C24H24N6O3S. The molecule has 1 aromatic heterocycles. The zero-order chi connectivity index (χ0) is 23.7. The number of aromatic nitrogens is 4. The van der Waals surface area contributed by atoms with Crippen molar-refractivity contribution in [3.63, 3.8) is 0 Å². The molecule has 2 unspecified atom stereocenters. The fourth-order valence-corrected chi connectivity index (χ4v) is 5.45. The third-order valence-corrected chi connectivity index (χ3v) is 7.55. The Kier molecular flexibility index (Phi) is 6.14. The molecule has 1 aliphatic heterocycles. The van der Waals surface area contributed by atoms with Crippen LogP contribution in [0, 0.1) is 5.92 Å². The predicted molar refractivity (Wildman–Crippen MR) is 129 cm³/mol. The van der Waals surface area contributed by atoms with Gasteiger partial charge in [0, 0.05) is 23.3 Å². The van der Waals surface area contributed by atoms with Crippen molar-refractivity contribution in [1.82, 2.24) is 25.5 Å². The number of hydrogen-bond acceptors (Lipinski definition) is 6. The van der Waals surface area contributed by atoms with Crippen molar-refractivity contribution < 1.29 is 14.7 Å². The molecule has 5 rings (SSSR count). The van der Waals surface area contributed by atoms with Crippen molar-refractivity contribution in [2.24, 2.45) is 10.9 Å². The average molecular weight is 477 g/mol. The Morgan fingerprint density at radius 3 is 2.50 bits per heavy atom. The minimum Gasteiger partial charge on any atom is -0.480 e. The smallest absolute Gasteiger partial charge is 0.327 e. The van der Waals surface area contributed by atoms with Crippen LogP contribution in [0.5, 0.6) is 0 Å². The molecule has 34 heavy (non-hydrogen) atoms. The highest BCUT2D eigenvalue weighted by Crippen LogP contribution is 2.37. The number of amides is 1. The van der Waals surface area contributed by atoms with Crippen LogP contribution in [0.3, 0.4) is 0 Å². The normalized spacial score (nSPS) is 21.2. The van der Waals surface area contributed by atoms with E-state index in [4.69, 9.17) is 0 Å². The summed E-state index contributed by atoms with van der Waals surface area (Å²) in [6, 6.07) is 15.1. The van der Waals surface area contributed by atoms with Gasteiger partial charge in [-0.1, -0.05) is 67.2 Å². The van der Waals surface area contributed by atoms with E-state index in [0.717, 1.165) is 35.1 Å². The van der Waals surface area contributed by atoms with Gasteiger partial charge in [-0.05, 0) is 46.4 Å². The van der Waals surface area contributed by atoms with Crippen LogP contribution in [0.15, 0.2) is 53.5 Å². The van der Waals surface area contributed by atoms with E-state index in [2.05, 4.69) is 25.6 Å². The van der Waals surface area contributed by atoms with Crippen LogP contribution in [0.1, 0.15) is 31.7 Å². The predicted octanol–water partition coefficient (Wildman–Crippen LogP) is 3.61. The summed E-state index contributed by atoms with van der Waals surface area (Å²) < 4.78 is 0. The van der Waals surface area contributed by atoms with Gasteiger partial charge in [-0.3, -0.25) is 4.79 Å². The van der Waals surface area contributed by atoms with Crippen LogP contribution in [0.25, 0.3) is 22.5 Å². The number of benzene rings is 2. The van der Waals surface area contributed by atoms with Gasteiger partial charge in [0.1, 0.15) is 6.04 Å². The number of tetrazole rings is 1. The molecule has 2 aliphatic rings. The molecule has 2 heterocycles. The first-order valence-electron chi connectivity index (χ1n) is 11.3. The van der Waals surface area contributed by atoms with E-state index >= 15 is 0 Å². The summed E-state index contributed by atoms with van der Waals surface area (Å²) in [6.45, 7) is 2.33. The lowest BCUT2D eigenvalue weighted by Gasteiger charge is -2.25. The van der Waals surface area contributed by atoms with Crippen molar-refractivity contribution >= 4 is 28.8 Å². The summed E-state index contributed by atoms with van der Waals surface area (Å²) in [5.41, 5.74) is 3.81. The van der Waals surface area contributed by atoms with E-state index in [1.165, 1.54) is 11.8 Å². The fourth-order valence-electron chi connectivity index (χ4n) is 4.16. The number of carbonyl (C=O) groups excluding carboxylic acids is 1. The first-order chi connectivity index (χ1) is 16.5. The molecule has 0 radical (unpaired) electrons. The van der Waals surface area contributed by atoms with Gasteiger partial charge < -0.3 is 10.0 Å². The van der Waals surface area contributed by atoms with Gasteiger partial charge in [0.15, 0.2) is 11.0 Å². The summed E-state index contributed by atoms with van der Waals surface area (Å²) in [5, 5.41) is 24.5. The summed E-state index contributed by atoms with van der Waals surface area (Å²) in [7, 11) is 0. The van der Waals surface area contributed by atoms with Crippen molar-refractivity contribution in [2.75, 3.05) is 0 Å². The lowest BCUT2D eigenvalue weighted by atomic mass is 9.98. The maximum atomic E-state index is 12.4. The minimum absolute atomic E-state index is 0.00202. The second kappa shape index (κ2) is 9.38. The van der Waals surface area contributed by atoms with Crippen molar-refractivity contribution in [3.8, 4) is 22.5 Å². The first-order valence-corrected chi connectivity index (χ1v) is 12.1. The molecule has 2 aromatic carbocycles. The lowest BCUT2D eigenvalue weighted by molar-refractivity contribution is -0.141. The molecule has 0 spiro atoms. The summed E-state index contributed by atoms with van der Waals surface area (Å²) in [6.07, 6.45) is 2.42. The van der Waals surface area contributed by atoms with Crippen molar-refractivity contribution in [2.45, 2.75) is 44.0 Å². The minimum atomic E-state index is -0.894. The van der Waals surface area contributed by atoms with Crippen molar-refractivity contribution in [1.29, 1.82) is 0 Å². The average Bonchev–Trinajstić information content (AvgIpc) is 3.45. The Bertz CT molecular complexity index is 1220. The Hall–Kier alpha value is -3.53. The van der Waals surface area contributed by atoms with Gasteiger partial charge in [-0.25, -0.2) is 9.89 Å². The zero-order valence-corrected chi connectivity index (χ0v) is 19.4. The molecule has 3 aromatic rings. The number of nitrogens with one attached hydrogen (secondary N) is 1. The quantitative estimate of drug-likeness (QED) is 0.530. The molecule has 2 N–H and O–H groups in total. The highest BCUT2D eigenvalue weighted by molar-refractivity contribution is 8.14. The molecular weight excluding hydrogens is 452 g/mol. The molecule has 1 saturated heterocycles. The third kappa shape index (κ3) is 4.45. The Labute approximate surface area is 200 Å². The monoisotopic (exact) mass is 476 g/mol. The van der Waals surface area contributed by atoms with Gasteiger partial charge >= 0.3 is 5.97 Å². The van der Waals surface area contributed by atoms with Crippen LogP contribution < -0.4 is 0 Å². The number of hydrogen-bond donors (Lipinski definition) is 2. The number of aliphatic imine (C=N–C) groups is 1. The topological polar surface area (TPSA) is 124 Å². The summed E-state index contributed by atoms with van der Waals surface area (Å²) in [4.78, 5) is 30.6. The maximum absolute atomic E-state index is 12.4. The number of carboxylic acids is 1. The van der Waals surface area contributed by atoms with Crippen LogP contribution in [0.4, 0.5) is 0 Å². The standard InChI is InChI=1S/C24H24N6O3S/c1-2-19-20(23(32)33)30(24(34-19)25-22(31)16-11-12-16)13-14-7-9-15(10-8-14)17-5-3-4-6-18(17)21-26-28-29-27-21/h3-10,16,19-20H,2,11-13H2,1H3,(H,32,33)(H,26,27,28,29). The number of rotatable bonds is 7. The number of nitrogens with zero attached hydrogens (tertiary/aromatic N) is 5. The Morgan fingerprint density at radius 2 is 1.88 bits per heavy atom. The fraction of sp³-hybridized carbons (Fsp3) is 0.333. The molecule has 1 saturated carbocycles. The van der Waals surface area contributed by atoms with Gasteiger partial charge in [-0.2, -0.15) is 4.99 Å². The van der Waals surface area contributed by atoms with Crippen LogP contribution in [-0.2, 0) is 16.1 Å². The molecule has 2 fully saturated rings. The highest BCUT2D eigenvalue weighted by atomic mass is 32.2. The van der Waals surface area contributed by atoms with Gasteiger partial charge in [-0.15, -0.1) is 5.10 Å². The van der Waals surface area contributed by atoms with Gasteiger partial charge in [0.05, 0.1) is 0 Å². The summed E-state index contributed by atoms with van der Waals surface area (Å²) >= 11 is 1.40. The number of carbonyl (C=O) groups is 2. The zero-order valence-electron chi connectivity index (χ0n) is 18.6. The lowest BCUT2D eigenvalue weighted by Crippen LogP contribution is -2.42. The molecule has 1 aliphatic carbocycles. The van der Waals surface area contributed by atoms with E-state index in [-0.39, 0.29) is 17.1 Å². The second-order valence-corrected chi connectivity index (χ2v) is 9.68. The molecule has 9 nitrogen and oxygen atoms in total. The van der Waals surface area contributed by atoms with Crippen molar-refractivity contribution in [3.05, 3.63) is 54.1 Å². The van der Waals surface area contributed by atoms with E-state index < -0.39 is 12.0 Å². The van der Waals surface area contributed by atoms with Gasteiger partial charge in [0.25, 0.3) is 5.91 Å². The van der Waals surface area contributed by atoms with Gasteiger partial charge in [0.2, 0.25) is 0 Å². The molecule has 10 heteroatoms. The third-order valence-electron chi connectivity index (χ3n) is 6.12. The Balaban J connectivity index is 1.42. The summed E-state index contributed by atoms with van der Waals surface area (Å²) in [5.74, 6) is -0.445. The van der Waals surface area contributed by atoms with E-state index in [1.54, 1.807) is 4.90 Å². The molecule has 174 valence electrons. The SMILES string of the molecule is CCC1SC(=NC(=O)C2CC2)N(Cc2ccc(-c3ccccc3-c3nnn[nH]3)cc2)C1C(=O)O. The van der Waals surface area contributed by atoms with Crippen LogP contribution in [-0.4, -0.2) is 59.0 Å². The molecule has 2 atom stereocenters. The maximum Gasteiger partial charge on any atom is 0.327 e. The Morgan fingerprint density at radius 1 is 1.15 bits per heavy atom. The number of thioether (sulfide) groups is 1. The van der Waals surface area contributed by atoms with Crippen LogP contribution in [0.2, 0.25) is 0 Å². The van der Waals surface area contributed by atoms with Crippen LogP contribution >= 0.6 is 11.8 Å². The van der Waals surface area contributed by atoms with E-state index in [0.29, 0.717) is 24.0 Å². The number of aromatic amines is 1. The molecule has 1 amide bonds. The van der Waals surface area contributed by atoms with E-state index in [1.807, 2.05) is 55.5 Å².